The van der Waals surface area contributed by atoms with Gasteiger partial charge in [0.25, 0.3) is 0 Å². The van der Waals surface area contributed by atoms with E-state index in [4.69, 9.17) is 0 Å². The molecule has 0 heterocycles. The molecule has 2 N–H and O–H groups in total. The first-order valence-corrected chi connectivity index (χ1v) is 12.0. The van der Waals surface area contributed by atoms with E-state index in [9.17, 15) is 13.2 Å². The Morgan fingerprint density at radius 3 is 2.58 bits per heavy atom. The van der Waals surface area contributed by atoms with E-state index in [-0.39, 0.29) is 11.9 Å². The Bertz CT molecular complexity index is 684. The second kappa shape index (κ2) is 10.7. The first-order valence-electron chi connectivity index (χ1n) is 9.05. The summed E-state index contributed by atoms with van der Waals surface area (Å²) in [6.45, 7) is 0. The molecule has 0 radical (unpaired) electrons. The number of hydrogen-bond acceptors (Lipinski definition) is 4. The molecule has 1 amide bonds. The second-order valence-electron chi connectivity index (χ2n) is 6.55. The molecule has 26 heavy (non-hydrogen) atoms. The van der Waals surface area contributed by atoms with E-state index in [1.54, 1.807) is 11.8 Å². The molecule has 1 fully saturated rings. The molecule has 0 unspecified atom stereocenters. The summed E-state index contributed by atoms with van der Waals surface area (Å²) in [5.74, 6) is 0.496. The Morgan fingerprint density at radius 2 is 1.92 bits per heavy atom. The number of carbonyl (C=O) groups excluding carboxylic acids is 1. The third-order valence-corrected chi connectivity index (χ3v) is 6.18. The zero-order valence-electron chi connectivity index (χ0n) is 15.2. The lowest BCUT2D eigenvalue weighted by Gasteiger charge is -2.25. The predicted octanol–water partition coefficient (Wildman–Crippen LogP) is 3.15. The van der Waals surface area contributed by atoms with Gasteiger partial charge in [0.1, 0.15) is 6.04 Å². The van der Waals surface area contributed by atoms with Gasteiger partial charge in [0.05, 0.1) is 0 Å². The highest BCUT2D eigenvalue weighted by molar-refractivity contribution is 7.98. The third-order valence-electron chi connectivity index (χ3n) is 4.42. The molecule has 1 aromatic carbocycles. The van der Waals surface area contributed by atoms with Crippen molar-refractivity contribution in [3.63, 3.8) is 0 Å². The van der Waals surface area contributed by atoms with E-state index >= 15 is 0 Å². The largest absolute Gasteiger partial charge is 0.352 e. The molecule has 7 heteroatoms. The minimum atomic E-state index is -3.70. The highest BCUT2D eigenvalue weighted by Crippen LogP contribution is 2.17. The Labute approximate surface area is 161 Å². The van der Waals surface area contributed by atoms with Crippen LogP contribution < -0.4 is 10.0 Å². The lowest BCUT2D eigenvalue weighted by Crippen LogP contribution is -2.49. The van der Waals surface area contributed by atoms with Crippen molar-refractivity contribution in [3.05, 3.63) is 41.3 Å². The molecule has 144 valence electrons. The van der Waals surface area contributed by atoms with Crippen molar-refractivity contribution in [2.24, 2.45) is 0 Å². The van der Waals surface area contributed by atoms with Crippen LogP contribution in [0.25, 0.3) is 6.08 Å². The zero-order valence-corrected chi connectivity index (χ0v) is 16.8. The molecule has 2 rings (SSSR count). The Hall–Kier alpha value is -1.31. The molecule has 1 saturated carbocycles. The molecular weight excluding hydrogens is 368 g/mol. The SMILES string of the molecule is CSCC[C@H](NS(=O)(=O)/C=C/c1ccccc1)C(=O)NC1CCCCC1. The summed E-state index contributed by atoms with van der Waals surface area (Å²) in [4.78, 5) is 12.6. The molecule has 0 aromatic heterocycles. The summed E-state index contributed by atoms with van der Waals surface area (Å²) in [6.07, 6.45) is 9.34. The molecular formula is C19H28N2O3S2. The lowest BCUT2D eigenvalue weighted by molar-refractivity contribution is -0.123. The van der Waals surface area contributed by atoms with Crippen molar-refractivity contribution in [3.8, 4) is 0 Å². The normalized spacial score (nSPS) is 17.3. The fraction of sp³-hybridized carbons (Fsp3) is 0.526. The Morgan fingerprint density at radius 1 is 1.23 bits per heavy atom. The predicted molar refractivity (Wildman–Crippen MR) is 109 cm³/mol. The van der Waals surface area contributed by atoms with Gasteiger partial charge in [-0.25, -0.2) is 8.42 Å². The zero-order chi connectivity index (χ0) is 18.8. The van der Waals surface area contributed by atoms with Crippen molar-refractivity contribution < 1.29 is 13.2 Å². The molecule has 1 aliphatic carbocycles. The number of nitrogens with one attached hydrogen (secondary N) is 2. The summed E-state index contributed by atoms with van der Waals surface area (Å²) in [5, 5.41) is 4.15. The molecule has 1 aliphatic rings. The van der Waals surface area contributed by atoms with E-state index in [0.29, 0.717) is 12.2 Å². The fourth-order valence-corrected chi connectivity index (χ4v) is 4.51. The molecule has 0 aliphatic heterocycles. The topological polar surface area (TPSA) is 75.3 Å². The van der Waals surface area contributed by atoms with Crippen molar-refractivity contribution >= 4 is 33.8 Å². The number of rotatable bonds is 9. The van der Waals surface area contributed by atoms with Crippen molar-refractivity contribution in [1.29, 1.82) is 0 Å². The lowest BCUT2D eigenvalue weighted by atomic mass is 9.95. The van der Waals surface area contributed by atoms with Crippen molar-refractivity contribution in [2.45, 2.75) is 50.6 Å². The summed E-state index contributed by atoms with van der Waals surface area (Å²) >= 11 is 1.60. The van der Waals surface area contributed by atoms with Gasteiger partial charge in [-0.3, -0.25) is 4.79 Å². The van der Waals surface area contributed by atoms with Gasteiger partial charge in [0, 0.05) is 11.4 Å². The smallest absolute Gasteiger partial charge is 0.238 e. The van der Waals surface area contributed by atoms with Crippen LogP contribution in [0.4, 0.5) is 0 Å². The quantitative estimate of drug-likeness (QED) is 0.672. The van der Waals surface area contributed by atoms with Crippen LogP contribution in [-0.4, -0.2) is 38.4 Å². The van der Waals surface area contributed by atoms with Gasteiger partial charge in [-0.2, -0.15) is 16.5 Å². The first kappa shape index (κ1) is 21.0. The number of hydrogen-bond donors (Lipinski definition) is 2. The maximum Gasteiger partial charge on any atom is 0.238 e. The standard InChI is InChI=1S/C19H28N2O3S2/c1-25-14-12-18(19(22)20-17-10-6-3-7-11-17)21-26(23,24)15-13-16-8-4-2-5-9-16/h2,4-5,8-9,13,15,17-18,21H,3,6-7,10-12,14H2,1H3,(H,20,22)/b15-13+/t18-/m0/s1. The number of benzene rings is 1. The number of amides is 1. The van der Waals surface area contributed by atoms with Crippen LogP contribution in [0.1, 0.15) is 44.1 Å². The first-order chi connectivity index (χ1) is 12.5. The molecule has 1 aromatic rings. The van der Waals surface area contributed by atoms with Gasteiger partial charge in [-0.05, 0) is 42.9 Å². The van der Waals surface area contributed by atoms with Gasteiger partial charge >= 0.3 is 0 Å². The fourth-order valence-electron chi connectivity index (χ4n) is 3.00. The molecule has 0 bridgehead atoms. The van der Waals surface area contributed by atoms with Crippen molar-refractivity contribution in [2.75, 3.05) is 12.0 Å². The van der Waals surface area contributed by atoms with Crippen molar-refractivity contribution in [1.82, 2.24) is 10.0 Å². The van der Waals surface area contributed by atoms with Gasteiger partial charge in [-0.15, -0.1) is 0 Å². The average Bonchev–Trinajstić information content (AvgIpc) is 2.65. The van der Waals surface area contributed by atoms with Crippen LogP contribution in [-0.2, 0) is 14.8 Å². The van der Waals surface area contributed by atoms with Gasteiger partial charge in [0.15, 0.2) is 0 Å². The van der Waals surface area contributed by atoms with Gasteiger partial charge < -0.3 is 5.32 Å². The highest BCUT2D eigenvalue weighted by atomic mass is 32.2. The monoisotopic (exact) mass is 396 g/mol. The maximum atomic E-state index is 12.6. The van der Waals surface area contributed by atoms with Crippen LogP contribution in [0, 0.1) is 0 Å². The summed E-state index contributed by atoms with van der Waals surface area (Å²) in [5.41, 5.74) is 0.796. The van der Waals surface area contributed by atoms with Gasteiger partial charge in [0.2, 0.25) is 15.9 Å². The van der Waals surface area contributed by atoms with Crippen LogP contribution in [0.5, 0.6) is 0 Å². The van der Waals surface area contributed by atoms with E-state index in [2.05, 4.69) is 10.0 Å². The minimum absolute atomic E-state index is 0.164. The van der Waals surface area contributed by atoms with E-state index in [1.807, 2.05) is 36.6 Å². The molecule has 5 nitrogen and oxygen atoms in total. The minimum Gasteiger partial charge on any atom is -0.352 e. The third kappa shape index (κ3) is 7.51. The highest BCUT2D eigenvalue weighted by Gasteiger charge is 2.25. The average molecular weight is 397 g/mol. The molecule has 0 spiro atoms. The van der Waals surface area contributed by atoms with E-state index in [0.717, 1.165) is 36.7 Å². The van der Waals surface area contributed by atoms with Crippen LogP contribution in [0.2, 0.25) is 0 Å². The van der Waals surface area contributed by atoms with E-state index in [1.165, 1.54) is 12.5 Å². The number of sulfonamides is 1. The maximum absolute atomic E-state index is 12.6. The van der Waals surface area contributed by atoms with E-state index < -0.39 is 16.1 Å². The number of carbonyl (C=O) groups is 1. The van der Waals surface area contributed by atoms with Crippen LogP contribution in [0.3, 0.4) is 0 Å². The molecule has 1 atom stereocenters. The summed E-state index contributed by atoms with van der Waals surface area (Å²) in [7, 11) is -3.70. The summed E-state index contributed by atoms with van der Waals surface area (Å²) in [6, 6.07) is 8.64. The molecule has 0 saturated heterocycles. The van der Waals surface area contributed by atoms with Crippen LogP contribution >= 0.6 is 11.8 Å². The summed E-state index contributed by atoms with van der Waals surface area (Å²) < 4.78 is 27.3. The van der Waals surface area contributed by atoms with Gasteiger partial charge in [-0.1, -0.05) is 49.6 Å². The number of thioether (sulfide) groups is 1. The Balaban J connectivity index is 2.00. The second-order valence-corrected chi connectivity index (χ2v) is 9.14. The van der Waals surface area contributed by atoms with Crippen LogP contribution in [0.15, 0.2) is 35.7 Å². The Kier molecular flexibility index (Phi) is 8.68.